The van der Waals surface area contributed by atoms with Crippen LogP contribution in [0.25, 0.3) is 0 Å². The molecule has 17 heavy (non-hydrogen) atoms. The summed E-state index contributed by atoms with van der Waals surface area (Å²) in [7, 11) is -3.75. The van der Waals surface area contributed by atoms with Crippen LogP contribution < -0.4 is 10.5 Å². The molecule has 0 spiro atoms. The molecule has 1 aromatic rings. The molecule has 0 heterocycles. The number of nitrogens with one attached hydrogen (secondary N) is 1. The highest BCUT2D eigenvalue weighted by molar-refractivity contribution is 9.10. The van der Waals surface area contributed by atoms with Crippen LogP contribution in [-0.2, 0) is 14.8 Å². The molecule has 1 rings (SSSR count). The summed E-state index contributed by atoms with van der Waals surface area (Å²) in [5.41, 5.74) is 0.402. The zero-order valence-corrected chi connectivity index (χ0v) is 11.6. The van der Waals surface area contributed by atoms with Crippen molar-refractivity contribution in [1.29, 1.82) is 0 Å². The van der Waals surface area contributed by atoms with Gasteiger partial charge >= 0.3 is 0 Å². The molecule has 1 amide bonds. The van der Waals surface area contributed by atoms with Crippen LogP contribution in [0.5, 0.6) is 0 Å². The summed E-state index contributed by atoms with van der Waals surface area (Å²) in [6, 6.07) is 5.81. The van der Waals surface area contributed by atoms with Gasteiger partial charge < -0.3 is 5.32 Å². The zero-order chi connectivity index (χ0) is 13.1. The molecule has 1 aromatic carbocycles. The Morgan fingerprint density at radius 3 is 2.71 bits per heavy atom. The lowest BCUT2D eigenvalue weighted by molar-refractivity contribution is -0.115. The highest BCUT2D eigenvalue weighted by Crippen LogP contribution is 2.15. The number of benzene rings is 1. The van der Waals surface area contributed by atoms with E-state index < -0.39 is 10.0 Å². The van der Waals surface area contributed by atoms with Crippen molar-refractivity contribution >= 4 is 37.5 Å². The van der Waals surface area contributed by atoms with Crippen LogP contribution in [-0.4, -0.2) is 19.2 Å². The van der Waals surface area contributed by atoms with Gasteiger partial charge in [-0.15, -0.1) is 0 Å². The molecule has 1 unspecified atom stereocenters. The van der Waals surface area contributed by atoms with Gasteiger partial charge in [-0.2, -0.15) is 0 Å². The van der Waals surface area contributed by atoms with Crippen LogP contribution in [0.15, 0.2) is 29.2 Å². The average Bonchev–Trinajstić information content (AvgIpc) is 2.27. The highest BCUT2D eigenvalue weighted by Gasteiger charge is 2.13. The van der Waals surface area contributed by atoms with Crippen molar-refractivity contribution in [2.45, 2.75) is 23.1 Å². The molecule has 0 aromatic heterocycles. The fraction of sp³-hybridized carbons (Fsp3) is 0.300. The Balaban J connectivity index is 2.91. The molecule has 0 fully saturated rings. The van der Waals surface area contributed by atoms with Crippen LogP contribution in [0.2, 0.25) is 0 Å². The Morgan fingerprint density at radius 2 is 2.18 bits per heavy atom. The lowest BCUT2D eigenvalue weighted by Gasteiger charge is -2.09. The highest BCUT2D eigenvalue weighted by atomic mass is 79.9. The third kappa shape index (κ3) is 4.10. The molecule has 0 saturated carbocycles. The first kappa shape index (κ1) is 14.1. The molecule has 3 N–H and O–H groups in total. The first-order valence-corrected chi connectivity index (χ1v) is 7.38. The van der Waals surface area contributed by atoms with E-state index in [4.69, 9.17) is 5.14 Å². The third-order valence-electron chi connectivity index (χ3n) is 2.07. The van der Waals surface area contributed by atoms with Gasteiger partial charge in [0.1, 0.15) is 0 Å². The number of amides is 1. The molecule has 7 heteroatoms. The van der Waals surface area contributed by atoms with E-state index in [9.17, 15) is 13.2 Å². The Kier molecular flexibility index (Phi) is 4.67. The van der Waals surface area contributed by atoms with Gasteiger partial charge in [-0.1, -0.05) is 28.9 Å². The van der Waals surface area contributed by atoms with Crippen molar-refractivity contribution < 1.29 is 13.2 Å². The summed E-state index contributed by atoms with van der Waals surface area (Å²) >= 11 is 3.20. The van der Waals surface area contributed by atoms with Crippen molar-refractivity contribution in [2.75, 3.05) is 5.32 Å². The first-order valence-electron chi connectivity index (χ1n) is 4.92. The molecule has 5 nitrogen and oxygen atoms in total. The molecular weight excluding hydrogens is 308 g/mol. The van der Waals surface area contributed by atoms with Gasteiger partial charge in [-0.05, 0) is 24.6 Å². The standard InChI is InChI=1S/C10H13BrN2O3S/c1-2-9(11)10(14)13-7-4-3-5-8(6-7)17(12,15)16/h3-6,9H,2H2,1H3,(H,13,14)(H2,12,15,16). The first-order chi connectivity index (χ1) is 7.84. The molecule has 94 valence electrons. The minimum atomic E-state index is -3.75. The van der Waals surface area contributed by atoms with Crippen molar-refractivity contribution in [3.05, 3.63) is 24.3 Å². The number of nitrogens with two attached hydrogens (primary N) is 1. The molecule has 0 aliphatic rings. The van der Waals surface area contributed by atoms with Gasteiger partial charge in [-0.25, -0.2) is 13.6 Å². The number of carbonyl (C=O) groups excluding carboxylic acids is 1. The van der Waals surface area contributed by atoms with E-state index in [0.717, 1.165) is 0 Å². The number of primary sulfonamides is 1. The zero-order valence-electron chi connectivity index (χ0n) is 9.18. The van der Waals surface area contributed by atoms with Gasteiger partial charge in [0.05, 0.1) is 9.72 Å². The Bertz CT molecular complexity index is 516. The van der Waals surface area contributed by atoms with Crippen molar-refractivity contribution in [3.63, 3.8) is 0 Å². The summed E-state index contributed by atoms with van der Waals surface area (Å²) in [5, 5.41) is 7.59. The minimum absolute atomic E-state index is 0.0297. The molecular formula is C10H13BrN2O3S. The normalized spacial score (nSPS) is 13.1. The fourth-order valence-electron chi connectivity index (χ4n) is 1.16. The minimum Gasteiger partial charge on any atom is -0.325 e. The van der Waals surface area contributed by atoms with Gasteiger partial charge in [0, 0.05) is 5.69 Å². The number of rotatable bonds is 4. The Labute approximate surface area is 109 Å². The number of halogens is 1. The predicted octanol–water partition coefficient (Wildman–Crippen LogP) is 1.45. The van der Waals surface area contributed by atoms with Crippen molar-refractivity contribution in [2.24, 2.45) is 5.14 Å². The number of alkyl halides is 1. The lowest BCUT2D eigenvalue weighted by atomic mass is 10.3. The molecule has 0 saturated heterocycles. The number of carbonyl (C=O) groups is 1. The molecule has 0 aliphatic carbocycles. The third-order valence-corrected chi connectivity index (χ3v) is 4.05. The van der Waals surface area contributed by atoms with Crippen LogP contribution in [0.4, 0.5) is 5.69 Å². The van der Waals surface area contributed by atoms with Crippen molar-refractivity contribution in [3.8, 4) is 0 Å². The van der Waals surface area contributed by atoms with Gasteiger partial charge in [0.25, 0.3) is 0 Å². The fourth-order valence-corrected chi connectivity index (χ4v) is 1.83. The van der Waals surface area contributed by atoms with E-state index in [1.165, 1.54) is 18.2 Å². The SMILES string of the molecule is CCC(Br)C(=O)Nc1cccc(S(N)(=O)=O)c1. The quantitative estimate of drug-likeness (QED) is 0.823. The van der Waals surface area contributed by atoms with E-state index >= 15 is 0 Å². The second-order valence-electron chi connectivity index (χ2n) is 3.44. The van der Waals surface area contributed by atoms with Gasteiger partial charge in [-0.3, -0.25) is 4.79 Å². The van der Waals surface area contributed by atoms with Crippen LogP contribution in [0.3, 0.4) is 0 Å². The Morgan fingerprint density at radius 1 is 1.53 bits per heavy atom. The average molecular weight is 321 g/mol. The van der Waals surface area contributed by atoms with E-state index in [1.807, 2.05) is 6.92 Å². The summed E-state index contributed by atoms with van der Waals surface area (Å²) in [4.78, 5) is 11.2. The van der Waals surface area contributed by atoms with Crippen LogP contribution >= 0.6 is 15.9 Å². The maximum Gasteiger partial charge on any atom is 0.238 e. The summed E-state index contributed by atoms with van der Waals surface area (Å²) < 4.78 is 22.2. The van der Waals surface area contributed by atoms with E-state index in [2.05, 4.69) is 21.2 Å². The summed E-state index contributed by atoms with van der Waals surface area (Å²) in [6.07, 6.45) is 0.640. The number of sulfonamides is 1. The summed E-state index contributed by atoms with van der Waals surface area (Å²) in [6.45, 7) is 1.86. The van der Waals surface area contributed by atoms with E-state index in [-0.39, 0.29) is 15.6 Å². The Hall–Kier alpha value is -0.920. The monoisotopic (exact) mass is 320 g/mol. The van der Waals surface area contributed by atoms with Crippen molar-refractivity contribution in [1.82, 2.24) is 0 Å². The molecule has 0 aliphatic heterocycles. The maximum atomic E-state index is 11.6. The largest absolute Gasteiger partial charge is 0.325 e. The van der Waals surface area contributed by atoms with Crippen LogP contribution in [0.1, 0.15) is 13.3 Å². The lowest BCUT2D eigenvalue weighted by Crippen LogP contribution is -2.22. The van der Waals surface area contributed by atoms with E-state index in [1.54, 1.807) is 6.07 Å². The van der Waals surface area contributed by atoms with E-state index in [0.29, 0.717) is 12.1 Å². The number of hydrogen-bond donors (Lipinski definition) is 2. The summed E-state index contributed by atoms with van der Waals surface area (Å²) in [5.74, 6) is -0.223. The topological polar surface area (TPSA) is 89.3 Å². The van der Waals surface area contributed by atoms with Crippen LogP contribution in [0, 0.1) is 0 Å². The van der Waals surface area contributed by atoms with Gasteiger partial charge in [0.2, 0.25) is 15.9 Å². The second-order valence-corrected chi connectivity index (χ2v) is 6.10. The maximum absolute atomic E-state index is 11.6. The number of anilines is 1. The molecule has 0 radical (unpaired) electrons. The molecule has 1 atom stereocenters. The van der Waals surface area contributed by atoms with Gasteiger partial charge in [0.15, 0.2) is 0 Å². The predicted molar refractivity (Wildman–Crippen MR) is 69.5 cm³/mol. The molecule has 0 bridgehead atoms. The number of hydrogen-bond acceptors (Lipinski definition) is 3. The second kappa shape index (κ2) is 5.61. The smallest absolute Gasteiger partial charge is 0.238 e.